The van der Waals surface area contributed by atoms with Crippen LogP contribution in [0.25, 0.3) is 12.5 Å². The molecule has 4 nitrogen and oxygen atoms in total. The Morgan fingerprint density at radius 3 is 2.92 bits per heavy atom. The first-order chi connectivity index (χ1) is 6.27. The Bertz CT molecular complexity index is 427. The van der Waals surface area contributed by atoms with Crippen LogP contribution in [0.4, 0.5) is 0 Å². The van der Waals surface area contributed by atoms with Crippen LogP contribution in [0, 0.1) is 0 Å². The highest BCUT2D eigenvalue weighted by Gasteiger charge is 2.03. The molecule has 0 fully saturated rings. The standard InChI is InChI=1S/C9H9NO3/c1-6-12-4-7-2-10-3-9(11)8(7)5-13-6/h2-6,11H,1H3. The van der Waals surface area contributed by atoms with E-state index in [0.717, 1.165) is 0 Å². The van der Waals surface area contributed by atoms with Gasteiger partial charge in [-0.05, 0) is 0 Å². The van der Waals surface area contributed by atoms with Crippen molar-refractivity contribution >= 4 is 12.5 Å². The molecule has 2 heterocycles. The Morgan fingerprint density at radius 1 is 1.31 bits per heavy atom. The summed E-state index contributed by atoms with van der Waals surface area (Å²) in [6.45, 7) is 1.77. The van der Waals surface area contributed by atoms with E-state index in [1.165, 1.54) is 18.7 Å². The van der Waals surface area contributed by atoms with Gasteiger partial charge in [0.2, 0.25) is 6.29 Å². The Balaban J connectivity index is 2.69. The summed E-state index contributed by atoms with van der Waals surface area (Å²) < 4.78 is 10.3. The van der Waals surface area contributed by atoms with Crippen LogP contribution in [0.1, 0.15) is 6.92 Å². The number of aromatic hydroxyl groups is 1. The average Bonchev–Trinajstić information content (AvgIpc) is 2.30. The summed E-state index contributed by atoms with van der Waals surface area (Å²) in [5, 5.41) is 10.7. The second kappa shape index (κ2) is 2.97. The van der Waals surface area contributed by atoms with Crippen molar-refractivity contribution in [3.05, 3.63) is 22.8 Å². The van der Waals surface area contributed by atoms with Gasteiger partial charge in [-0.2, -0.15) is 0 Å². The molecule has 0 amide bonds. The quantitative estimate of drug-likeness (QED) is 0.591. The number of hydrogen-bond donors (Lipinski definition) is 1. The summed E-state index contributed by atoms with van der Waals surface area (Å²) in [6.07, 6.45) is 5.62. The zero-order chi connectivity index (χ0) is 9.26. The summed E-state index contributed by atoms with van der Waals surface area (Å²) in [4.78, 5) is 3.83. The van der Waals surface area contributed by atoms with Gasteiger partial charge in [-0.25, -0.2) is 0 Å². The molecule has 0 aliphatic carbocycles. The maximum absolute atomic E-state index is 9.42. The van der Waals surface area contributed by atoms with E-state index < -0.39 is 0 Å². The van der Waals surface area contributed by atoms with E-state index in [2.05, 4.69) is 4.98 Å². The van der Waals surface area contributed by atoms with Gasteiger partial charge in [-0.1, -0.05) is 0 Å². The minimum Gasteiger partial charge on any atom is -0.506 e. The zero-order valence-corrected chi connectivity index (χ0v) is 7.10. The predicted octanol–water partition coefficient (Wildman–Crippen LogP) is -0.344. The maximum atomic E-state index is 9.42. The van der Waals surface area contributed by atoms with E-state index in [1.54, 1.807) is 13.1 Å². The van der Waals surface area contributed by atoms with Crippen LogP contribution in [0.15, 0.2) is 12.4 Å². The monoisotopic (exact) mass is 179 g/mol. The third-order valence-electron chi connectivity index (χ3n) is 1.76. The lowest BCUT2D eigenvalue weighted by Gasteiger charge is -2.07. The second-order valence-corrected chi connectivity index (χ2v) is 2.74. The van der Waals surface area contributed by atoms with Gasteiger partial charge in [0.1, 0.15) is 5.75 Å². The Kier molecular flexibility index (Phi) is 1.81. The minimum atomic E-state index is -0.341. The molecule has 0 bridgehead atoms. The SMILES string of the molecule is CC1OC=c2cncc(O)c2=CO1. The maximum Gasteiger partial charge on any atom is 0.236 e. The van der Waals surface area contributed by atoms with Crippen molar-refractivity contribution in [2.75, 3.05) is 0 Å². The smallest absolute Gasteiger partial charge is 0.236 e. The van der Waals surface area contributed by atoms with E-state index in [-0.39, 0.29) is 12.0 Å². The summed E-state index contributed by atoms with van der Waals surface area (Å²) in [5.41, 5.74) is 0. The number of hydrogen-bond acceptors (Lipinski definition) is 4. The van der Waals surface area contributed by atoms with Crippen LogP contribution in [0.2, 0.25) is 0 Å². The van der Waals surface area contributed by atoms with Crippen molar-refractivity contribution < 1.29 is 14.6 Å². The molecule has 0 saturated heterocycles. The molecule has 68 valence electrons. The summed E-state index contributed by atoms with van der Waals surface area (Å²) in [6, 6.07) is 0. The van der Waals surface area contributed by atoms with Crippen molar-refractivity contribution in [1.29, 1.82) is 0 Å². The van der Waals surface area contributed by atoms with E-state index in [1.807, 2.05) is 0 Å². The van der Waals surface area contributed by atoms with Gasteiger partial charge in [0.05, 0.1) is 23.9 Å². The predicted molar refractivity (Wildman–Crippen MR) is 45.7 cm³/mol. The third kappa shape index (κ3) is 1.42. The molecule has 1 N–H and O–H groups in total. The lowest BCUT2D eigenvalue weighted by atomic mass is 10.3. The molecular formula is C9H9NO3. The fourth-order valence-corrected chi connectivity index (χ4v) is 1.06. The van der Waals surface area contributed by atoms with Gasteiger partial charge in [0.15, 0.2) is 0 Å². The molecule has 1 aliphatic heterocycles. The molecule has 4 heteroatoms. The fraction of sp³-hybridized carbons (Fsp3) is 0.222. The largest absolute Gasteiger partial charge is 0.506 e. The lowest BCUT2D eigenvalue weighted by Crippen LogP contribution is -2.24. The first-order valence-electron chi connectivity index (χ1n) is 3.91. The first kappa shape index (κ1) is 7.91. The van der Waals surface area contributed by atoms with E-state index >= 15 is 0 Å². The number of ether oxygens (including phenoxy) is 2. The number of rotatable bonds is 0. The van der Waals surface area contributed by atoms with Gasteiger partial charge >= 0.3 is 0 Å². The van der Waals surface area contributed by atoms with E-state index in [4.69, 9.17) is 9.47 Å². The first-order valence-corrected chi connectivity index (χ1v) is 3.91. The molecule has 1 aromatic heterocycles. The molecule has 13 heavy (non-hydrogen) atoms. The molecule has 0 spiro atoms. The van der Waals surface area contributed by atoms with Crippen molar-refractivity contribution in [3.63, 3.8) is 0 Å². The second-order valence-electron chi connectivity index (χ2n) is 2.74. The molecule has 0 saturated carbocycles. The van der Waals surface area contributed by atoms with Gasteiger partial charge in [0, 0.05) is 18.3 Å². The van der Waals surface area contributed by atoms with Gasteiger partial charge < -0.3 is 14.6 Å². The van der Waals surface area contributed by atoms with Crippen molar-refractivity contribution in [1.82, 2.24) is 4.98 Å². The van der Waals surface area contributed by atoms with Gasteiger partial charge in [-0.3, -0.25) is 4.98 Å². The molecule has 1 atom stereocenters. The zero-order valence-electron chi connectivity index (χ0n) is 7.10. The van der Waals surface area contributed by atoms with Crippen LogP contribution < -0.4 is 10.4 Å². The topological polar surface area (TPSA) is 51.6 Å². The average molecular weight is 179 g/mol. The molecule has 1 aromatic rings. The Hall–Kier alpha value is -1.71. The highest BCUT2D eigenvalue weighted by atomic mass is 16.7. The van der Waals surface area contributed by atoms with E-state index in [9.17, 15) is 5.11 Å². The van der Waals surface area contributed by atoms with E-state index in [0.29, 0.717) is 10.4 Å². The van der Waals surface area contributed by atoms with Gasteiger partial charge in [-0.15, -0.1) is 0 Å². The molecule has 1 unspecified atom stereocenters. The van der Waals surface area contributed by atoms with Crippen molar-refractivity contribution in [2.24, 2.45) is 0 Å². The van der Waals surface area contributed by atoms with Crippen LogP contribution in [0.5, 0.6) is 5.75 Å². The van der Waals surface area contributed by atoms with Crippen LogP contribution in [-0.2, 0) is 9.47 Å². The van der Waals surface area contributed by atoms with Crippen molar-refractivity contribution in [2.45, 2.75) is 13.2 Å². The third-order valence-corrected chi connectivity index (χ3v) is 1.76. The van der Waals surface area contributed by atoms with Crippen LogP contribution in [-0.4, -0.2) is 16.4 Å². The number of pyridine rings is 1. The van der Waals surface area contributed by atoms with Crippen LogP contribution >= 0.6 is 0 Å². The molecule has 2 rings (SSSR count). The Labute approximate surface area is 74.7 Å². The highest BCUT2D eigenvalue weighted by Crippen LogP contribution is 1.99. The molecule has 0 radical (unpaired) electrons. The summed E-state index contributed by atoms with van der Waals surface area (Å²) in [5.74, 6) is 0.0893. The van der Waals surface area contributed by atoms with Gasteiger partial charge in [0.25, 0.3) is 0 Å². The fourth-order valence-electron chi connectivity index (χ4n) is 1.06. The highest BCUT2D eigenvalue weighted by molar-refractivity contribution is 5.32. The molecule has 0 aromatic carbocycles. The lowest BCUT2D eigenvalue weighted by molar-refractivity contribution is -0.00741. The van der Waals surface area contributed by atoms with Crippen molar-refractivity contribution in [3.8, 4) is 5.75 Å². The summed E-state index contributed by atoms with van der Waals surface area (Å²) >= 11 is 0. The minimum absolute atomic E-state index is 0.0893. The molecule has 1 aliphatic rings. The molecular weight excluding hydrogens is 170 g/mol. The number of fused-ring (bicyclic) bond motifs is 1. The summed E-state index contributed by atoms with van der Waals surface area (Å²) in [7, 11) is 0. The normalized spacial score (nSPS) is 19.6. The number of nitrogens with zero attached hydrogens (tertiary/aromatic N) is 1. The van der Waals surface area contributed by atoms with Crippen LogP contribution in [0.3, 0.4) is 0 Å². The number of aromatic nitrogens is 1. The Morgan fingerprint density at radius 2 is 2.08 bits per heavy atom.